The third-order valence-electron chi connectivity index (χ3n) is 3.36. The van der Waals surface area contributed by atoms with Crippen LogP contribution in [0.2, 0.25) is 5.15 Å². The maximum absolute atomic E-state index is 10.9. The quantitative estimate of drug-likeness (QED) is 0.585. The Morgan fingerprint density at radius 1 is 1.31 bits per heavy atom. The molecule has 1 saturated carbocycles. The van der Waals surface area contributed by atoms with Crippen molar-refractivity contribution in [3.05, 3.63) is 16.4 Å². The molecule has 1 aliphatic carbocycles. The van der Waals surface area contributed by atoms with Crippen LogP contribution in [0, 0.1) is 6.92 Å². The van der Waals surface area contributed by atoms with Crippen molar-refractivity contribution < 1.29 is 4.79 Å². The summed E-state index contributed by atoms with van der Waals surface area (Å²) in [6.45, 7) is 1.84. The van der Waals surface area contributed by atoms with Crippen LogP contribution < -0.4 is 0 Å². The zero-order chi connectivity index (χ0) is 11.5. The molecule has 0 radical (unpaired) electrons. The third kappa shape index (κ3) is 2.14. The fourth-order valence-corrected chi connectivity index (χ4v) is 2.77. The van der Waals surface area contributed by atoms with E-state index in [2.05, 4.69) is 5.10 Å². The molecule has 1 aromatic heterocycles. The molecule has 88 valence electrons. The van der Waals surface area contributed by atoms with Gasteiger partial charge < -0.3 is 0 Å². The van der Waals surface area contributed by atoms with Crippen molar-refractivity contribution in [2.75, 3.05) is 0 Å². The molecule has 16 heavy (non-hydrogen) atoms. The number of hydrogen-bond donors (Lipinski definition) is 0. The largest absolute Gasteiger partial charge is 0.298 e. The molecule has 0 N–H and O–H groups in total. The number of halogens is 1. The summed E-state index contributed by atoms with van der Waals surface area (Å²) in [5.41, 5.74) is 1.29. The molecular weight excluding hydrogens is 224 g/mol. The minimum atomic E-state index is 0.377. The van der Waals surface area contributed by atoms with Gasteiger partial charge in [0.15, 0.2) is 6.29 Å². The molecule has 4 heteroatoms. The van der Waals surface area contributed by atoms with Crippen molar-refractivity contribution in [1.29, 1.82) is 0 Å². The van der Waals surface area contributed by atoms with Crippen LogP contribution in [0.4, 0.5) is 0 Å². The van der Waals surface area contributed by atoms with E-state index in [1.54, 1.807) is 0 Å². The van der Waals surface area contributed by atoms with E-state index in [0.29, 0.717) is 16.8 Å². The first-order chi connectivity index (χ1) is 7.74. The highest BCUT2D eigenvalue weighted by atomic mass is 35.5. The highest BCUT2D eigenvalue weighted by Gasteiger charge is 2.20. The first-order valence-electron chi connectivity index (χ1n) is 5.94. The lowest BCUT2D eigenvalue weighted by Gasteiger charge is -2.15. The molecule has 0 unspecified atom stereocenters. The lowest BCUT2D eigenvalue weighted by Crippen LogP contribution is -2.10. The number of aldehydes is 1. The molecular formula is C12H17ClN2O. The SMILES string of the molecule is Cc1nn(C2CCCCCC2)c(Cl)c1C=O. The Morgan fingerprint density at radius 3 is 2.44 bits per heavy atom. The Balaban J connectivity index is 2.28. The van der Waals surface area contributed by atoms with Gasteiger partial charge in [-0.3, -0.25) is 4.79 Å². The molecule has 1 fully saturated rings. The highest BCUT2D eigenvalue weighted by molar-refractivity contribution is 6.32. The maximum Gasteiger partial charge on any atom is 0.155 e. The van der Waals surface area contributed by atoms with Gasteiger partial charge in [0.1, 0.15) is 5.15 Å². The van der Waals surface area contributed by atoms with Gasteiger partial charge in [0, 0.05) is 0 Å². The molecule has 0 aromatic carbocycles. The fourth-order valence-electron chi connectivity index (χ4n) is 2.41. The monoisotopic (exact) mass is 240 g/mol. The molecule has 3 nitrogen and oxygen atoms in total. The van der Waals surface area contributed by atoms with Gasteiger partial charge in [0.05, 0.1) is 17.3 Å². The molecule has 0 atom stereocenters. The second-order valence-corrected chi connectivity index (χ2v) is 4.86. The number of hydrogen-bond acceptors (Lipinski definition) is 2. The molecule has 1 heterocycles. The maximum atomic E-state index is 10.9. The number of aryl methyl sites for hydroxylation is 1. The van der Waals surface area contributed by atoms with Crippen molar-refractivity contribution in [2.24, 2.45) is 0 Å². The van der Waals surface area contributed by atoms with E-state index in [0.717, 1.165) is 24.8 Å². The number of rotatable bonds is 2. The minimum absolute atomic E-state index is 0.377. The van der Waals surface area contributed by atoms with Gasteiger partial charge in [0.2, 0.25) is 0 Å². The van der Waals surface area contributed by atoms with Crippen molar-refractivity contribution in [1.82, 2.24) is 9.78 Å². The standard InChI is InChI=1S/C12H17ClN2O/c1-9-11(8-16)12(13)15(14-9)10-6-4-2-3-5-7-10/h8,10H,2-7H2,1H3. The normalized spacial score (nSPS) is 18.4. The number of carbonyl (C=O) groups excluding carboxylic acids is 1. The van der Waals surface area contributed by atoms with E-state index in [1.165, 1.54) is 25.7 Å². The van der Waals surface area contributed by atoms with Crippen molar-refractivity contribution >= 4 is 17.9 Å². The zero-order valence-corrected chi connectivity index (χ0v) is 10.3. The molecule has 0 bridgehead atoms. The van der Waals surface area contributed by atoms with Crippen LogP contribution in [0.5, 0.6) is 0 Å². The summed E-state index contributed by atoms with van der Waals surface area (Å²) < 4.78 is 1.85. The second kappa shape index (κ2) is 5.00. The van der Waals surface area contributed by atoms with Crippen molar-refractivity contribution in [2.45, 2.75) is 51.5 Å². The number of nitrogens with zero attached hydrogens (tertiary/aromatic N) is 2. The summed E-state index contributed by atoms with van der Waals surface area (Å²) in [6, 6.07) is 0.377. The highest BCUT2D eigenvalue weighted by Crippen LogP contribution is 2.31. The van der Waals surface area contributed by atoms with Gasteiger partial charge in [0.25, 0.3) is 0 Å². The van der Waals surface area contributed by atoms with Crippen molar-refractivity contribution in [3.63, 3.8) is 0 Å². The van der Waals surface area contributed by atoms with Crippen molar-refractivity contribution in [3.8, 4) is 0 Å². The number of aromatic nitrogens is 2. The molecule has 0 amide bonds. The Bertz CT molecular complexity index is 379. The molecule has 1 aliphatic rings. The van der Waals surface area contributed by atoms with Gasteiger partial charge in [-0.1, -0.05) is 37.3 Å². The average Bonchev–Trinajstić information content (AvgIpc) is 2.49. The Morgan fingerprint density at radius 2 is 1.94 bits per heavy atom. The Labute approximate surface area is 101 Å². The van der Waals surface area contributed by atoms with Gasteiger partial charge in [-0.25, -0.2) is 4.68 Å². The predicted molar refractivity (Wildman–Crippen MR) is 64.1 cm³/mol. The lowest BCUT2D eigenvalue weighted by molar-refractivity contribution is 0.112. The van der Waals surface area contributed by atoms with Crippen LogP contribution in [-0.4, -0.2) is 16.1 Å². The fraction of sp³-hybridized carbons (Fsp3) is 0.667. The molecule has 2 rings (SSSR count). The van der Waals surface area contributed by atoms with Crippen LogP contribution in [0.25, 0.3) is 0 Å². The van der Waals surface area contributed by atoms with E-state index < -0.39 is 0 Å². The Kier molecular flexibility index (Phi) is 3.64. The lowest BCUT2D eigenvalue weighted by atomic mass is 10.1. The first-order valence-corrected chi connectivity index (χ1v) is 6.31. The van der Waals surface area contributed by atoms with Crippen LogP contribution >= 0.6 is 11.6 Å². The van der Waals surface area contributed by atoms with Crippen LogP contribution in [-0.2, 0) is 0 Å². The third-order valence-corrected chi connectivity index (χ3v) is 3.74. The van der Waals surface area contributed by atoms with Crippen LogP contribution in [0.1, 0.15) is 60.6 Å². The summed E-state index contributed by atoms with van der Waals surface area (Å²) >= 11 is 6.19. The van der Waals surface area contributed by atoms with Crippen LogP contribution in [0.15, 0.2) is 0 Å². The molecule has 0 saturated heterocycles. The summed E-state index contributed by atoms with van der Waals surface area (Å²) in [5.74, 6) is 0. The van der Waals surface area contributed by atoms with E-state index >= 15 is 0 Å². The summed E-state index contributed by atoms with van der Waals surface area (Å²) in [6.07, 6.45) is 8.12. The van der Waals surface area contributed by atoms with Gasteiger partial charge in [-0.05, 0) is 19.8 Å². The second-order valence-electron chi connectivity index (χ2n) is 4.50. The molecule has 1 aromatic rings. The first kappa shape index (κ1) is 11.6. The Hall–Kier alpha value is -0.830. The smallest absolute Gasteiger partial charge is 0.155 e. The van der Waals surface area contributed by atoms with E-state index in [-0.39, 0.29) is 0 Å². The van der Waals surface area contributed by atoms with Gasteiger partial charge in [-0.15, -0.1) is 0 Å². The summed E-state index contributed by atoms with van der Waals surface area (Å²) in [5, 5.41) is 4.91. The van der Waals surface area contributed by atoms with E-state index in [4.69, 9.17) is 11.6 Å². The summed E-state index contributed by atoms with van der Waals surface area (Å²) in [7, 11) is 0. The van der Waals surface area contributed by atoms with E-state index in [9.17, 15) is 4.79 Å². The van der Waals surface area contributed by atoms with Gasteiger partial charge in [-0.2, -0.15) is 5.10 Å². The van der Waals surface area contributed by atoms with Crippen LogP contribution in [0.3, 0.4) is 0 Å². The summed E-state index contributed by atoms with van der Waals surface area (Å²) in [4.78, 5) is 10.9. The minimum Gasteiger partial charge on any atom is -0.298 e. The van der Waals surface area contributed by atoms with E-state index in [1.807, 2.05) is 11.6 Å². The zero-order valence-electron chi connectivity index (χ0n) is 9.58. The molecule has 0 spiro atoms. The number of carbonyl (C=O) groups is 1. The predicted octanol–water partition coefficient (Wildman–Crippen LogP) is 3.55. The average molecular weight is 241 g/mol. The van der Waals surface area contributed by atoms with Gasteiger partial charge >= 0.3 is 0 Å². The topological polar surface area (TPSA) is 34.9 Å². The molecule has 0 aliphatic heterocycles.